The van der Waals surface area contributed by atoms with Gasteiger partial charge in [-0.05, 0) is 30.7 Å². The molecule has 0 aliphatic carbocycles. The van der Waals surface area contributed by atoms with Crippen LogP contribution >= 0.6 is 0 Å². The lowest BCUT2D eigenvalue weighted by molar-refractivity contribution is -0.110. The molecule has 22 heavy (non-hydrogen) atoms. The topological polar surface area (TPSA) is 51.2 Å². The van der Waals surface area contributed by atoms with Crippen LogP contribution in [0.5, 0.6) is 0 Å². The number of hydrogen-bond acceptors (Lipinski definition) is 3. The summed E-state index contributed by atoms with van der Waals surface area (Å²) >= 11 is 0. The number of rotatable bonds is 1. The van der Waals surface area contributed by atoms with Gasteiger partial charge in [-0.25, -0.2) is 4.39 Å². The first-order valence-electron chi connectivity index (χ1n) is 7.15. The van der Waals surface area contributed by atoms with Crippen molar-refractivity contribution >= 4 is 22.9 Å². The zero-order valence-electron chi connectivity index (χ0n) is 11.9. The molecule has 4 rings (SSSR count). The number of carbonyl (C=O) groups excluding carboxylic acids is 1. The predicted octanol–water partition coefficient (Wildman–Crippen LogP) is 3.52. The van der Waals surface area contributed by atoms with Crippen LogP contribution in [0.2, 0.25) is 0 Å². The fourth-order valence-electron chi connectivity index (χ4n) is 3.00. The minimum atomic E-state index is -0.381. The minimum Gasteiger partial charge on any atom is -0.484 e. The number of benzene rings is 1. The van der Waals surface area contributed by atoms with E-state index in [1.54, 1.807) is 18.5 Å². The third kappa shape index (κ3) is 1.75. The molecule has 2 aliphatic heterocycles. The van der Waals surface area contributed by atoms with Crippen molar-refractivity contribution in [2.24, 2.45) is 0 Å². The Bertz CT molecular complexity index is 829. The number of carbonyl (C=O) groups is 1. The van der Waals surface area contributed by atoms with Crippen LogP contribution in [0, 0.1) is 5.82 Å². The highest BCUT2D eigenvalue weighted by molar-refractivity contribution is 6.36. The minimum absolute atomic E-state index is 0.128. The summed E-state index contributed by atoms with van der Waals surface area (Å²) in [6.45, 7) is 2.01. The van der Waals surface area contributed by atoms with E-state index in [-0.39, 0.29) is 17.8 Å². The van der Waals surface area contributed by atoms with E-state index >= 15 is 0 Å². The van der Waals surface area contributed by atoms with E-state index in [4.69, 9.17) is 4.74 Å². The van der Waals surface area contributed by atoms with E-state index < -0.39 is 0 Å². The molecule has 2 aliphatic rings. The van der Waals surface area contributed by atoms with Crippen molar-refractivity contribution in [3.8, 4) is 0 Å². The van der Waals surface area contributed by atoms with Crippen LogP contribution in [0.3, 0.4) is 0 Å². The molecule has 1 aromatic carbocycles. The van der Waals surface area contributed by atoms with Gasteiger partial charge in [-0.3, -0.25) is 9.78 Å². The molecule has 1 aromatic heterocycles. The number of anilines is 1. The van der Waals surface area contributed by atoms with E-state index in [0.29, 0.717) is 22.6 Å². The Morgan fingerprint density at radius 2 is 2.18 bits per heavy atom. The predicted molar refractivity (Wildman–Crippen MR) is 80.2 cm³/mol. The summed E-state index contributed by atoms with van der Waals surface area (Å²) in [4.78, 5) is 16.5. The summed E-state index contributed by atoms with van der Waals surface area (Å²) in [5.74, 6) is -0.144. The van der Waals surface area contributed by atoms with E-state index in [2.05, 4.69) is 10.3 Å². The maximum Gasteiger partial charge on any atom is 0.260 e. The fraction of sp³-hybridized carbons (Fsp3) is 0.176. The maximum atomic E-state index is 13.6. The number of fused-ring (bicyclic) bond motifs is 2. The molecule has 0 radical (unpaired) electrons. The smallest absolute Gasteiger partial charge is 0.260 e. The molecule has 5 heteroatoms. The van der Waals surface area contributed by atoms with Crippen molar-refractivity contribution in [2.75, 3.05) is 5.32 Å². The molecule has 0 saturated heterocycles. The number of pyridine rings is 1. The average Bonchev–Trinajstić information content (AvgIpc) is 3.04. The molecule has 0 bridgehead atoms. The van der Waals surface area contributed by atoms with Crippen LogP contribution in [0.1, 0.15) is 36.1 Å². The maximum absolute atomic E-state index is 13.6. The average molecular weight is 296 g/mol. The summed E-state index contributed by atoms with van der Waals surface area (Å²) < 4.78 is 19.6. The molecule has 3 heterocycles. The van der Waals surface area contributed by atoms with Gasteiger partial charge in [0.2, 0.25) is 0 Å². The number of nitrogens with zero attached hydrogens (tertiary/aromatic N) is 1. The van der Waals surface area contributed by atoms with E-state index in [0.717, 1.165) is 17.5 Å². The molecule has 1 N–H and O–H groups in total. The van der Waals surface area contributed by atoms with Gasteiger partial charge in [0, 0.05) is 34.8 Å². The summed E-state index contributed by atoms with van der Waals surface area (Å²) in [5.41, 5.74) is 3.35. The first-order chi connectivity index (χ1) is 10.7. The molecule has 2 aromatic rings. The third-order valence-electron chi connectivity index (χ3n) is 4.03. The van der Waals surface area contributed by atoms with Crippen molar-refractivity contribution in [3.05, 3.63) is 59.2 Å². The van der Waals surface area contributed by atoms with Crippen LogP contribution in [-0.2, 0) is 9.53 Å². The Morgan fingerprint density at radius 1 is 1.32 bits per heavy atom. The Hall–Kier alpha value is -2.69. The highest BCUT2D eigenvalue weighted by atomic mass is 19.1. The van der Waals surface area contributed by atoms with Crippen molar-refractivity contribution in [1.82, 2.24) is 4.98 Å². The van der Waals surface area contributed by atoms with Crippen molar-refractivity contribution in [2.45, 2.75) is 19.4 Å². The van der Waals surface area contributed by atoms with E-state index in [9.17, 15) is 9.18 Å². The lowest BCUT2D eigenvalue weighted by Crippen LogP contribution is -2.05. The van der Waals surface area contributed by atoms with Gasteiger partial charge >= 0.3 is 0 Å². The highest BCUT2D eigenvalue weighted by Gasteiger charge is 2.35. The van der Waals surface area contributed by atoms with Crippen LogP contribution in [0.4, 0.5) is 10.1 Å². The quantitative estimate of drug-likeness (QED) is 0.819. The monoisotopic (exact) mass is 296 g/mol. The Labute approximate surface area is 126 Å². The summed E-state index contributed by atoms with van der Waals surface area (Å²) in [7, 11) is 0. The Morgan fingerprint density at radius 3 is 3.00 bits per heavy atom. The zero-order valence-corrected chi connectivity index (χ0v) is 11.9. The van der Waals surface area contributed by atoms with Crippen molar-refractivity contribution < 1.29 is 13.9 Å². The molecule has 1 atom stereocenters. The number of amides is 1. The van der Waals surface area contributed by atoms with Gasteiger partial charge in [0.25, 0.3) is 5.91 Å². The van der Waals surface area contributed by atoms with Crippen LogP contribution < -0.4 is 5.32 Å². The van der Waals surface area contributed by atoms with Gasteiger partial charge in [0.15, 0.2) is 0 Å². The molecule has 0 fully saturated rings. The third-order valence-corrected chi connectivity index (χ3v) is 4.03. The second-order valence-corrected chi connectivity index (χ2v) is 5.33. The summed E-state index contributed by atoms with van der Waals surface area (Å²) in [5, 5.41) is 2.76. The molecular weight excluding hydrogens is 283 g/mol. The number of halogens is 1. The normalized spacial score (nSPS) is 22.1. The molecule has 4 nitrogen and oxygen atoms in total. The van der Waals surface area contributed by atoms with Gasteiger partial charge in [0.05, 0.1) is 5.57 Å². The van der Waals surface area contributed by atoms with Crippen LogP contribution in [0.15, 0.2) is 36.7 Å². The lowest BCUT2D eigenvalue weighted by Gasteiger charge is -2.09. The Kier molecular flexibility index (Phi) is 2.76. The van der Waals surface area contributed by atoms with Crippen molar-refractivity contribution in [1.29, 1.82) is 0 Å². The highest BCUT2D eigenvalue weighted by Crippen LogP contribution is 2.46. The van der Waals surface area contributed by atoms with Crippen LogP contribution in [-0.4, -0.2) is 10.9 Å². The van der Waals surface area contributed by atoms with Gasteiger partial charge in [0.1, 0.15) is 17.7 Å². The first kappa shape index (κ1) is 13.0. The van der Waals surface area contributed by atoms with E-state index in [1.807, 2.05) is 13.0 Å². The summed E-state index contributed by atoms with van der Waals surface area (Å²) in [6, 6.07) is 6.09. The second kappa shape index (κ2) is 4.66. The van der Waals surface area contributed by atoms with Gasteiger partial charge in [-0.2, -0.15) is 0 Å². The van der Waals surface area contributed by atoms with E-state index in [1.165, 1.54) is 12.1 Å². The van der Waals surface area contributed by atoms with Gasteiger partial charge < -0.3 is 10.1 Å². The lowest BCUT2D eigenvalue weighted by atomic mass is 10.00. The fourth-order valence-corrected chi connectivity index (χ4v) is 3.00. The molecule has 1 amide bonds. The molecule has 110 valence electrons. The molecule has 0 saturated carbocycles. The standard InChI is InChI=1S/C17H13FN2O2/c1-2-14-12-8-19-6-5-10(12)16(22-14)15-11-7-9(18)3-4-13(11)20-17(15)21/h3-8,14H,2H2,1H3,(H,20,21)/b16-15+. The largest absolute Gasteiger partial charge is 0.484 e. The Balaban J connectivity index is 1.97. The zero-order chi connectivity index (χ0) is 15.3. The molecular formula is C17H13FN2O2. The number of nitrogens with one attached hydrogen (secondary N) is 1. The summed E-state index contributed by atoms with van der Waals surface area (Å²) in [6.07, 6.45) is 4.07. The van der Waals surface area contributed by atoms with Gasteiger partial charge in [-0.1, -0.05) is 6.92 Å². The number of aromatic nitrogens is 1. The molecule has 0 spiro atoms. The van der Waals surface area contributed by atoms with Crippen molar-refractivity contribution in [3.63, 3.8) is 0 Å². The number of ether oxygens (including phenoxy) is 1. The second-order valence-electron chi connectivity index (χ2n) is 5.33. The first-order valence-corrected chi connectivity index (χ1v) is 7.15. The SMILES string of the molecule is CCC1O/C(=C2/C(=O)Nc3ccc(F)cc32)c2ccncc21. The number of hydrogen-bond donors (Lipinski definition) is 1. The van der Waals surface area contributed by atoms with Crippen LogP contribution in [0.25, 0.3) is 11.3 Å². The molecule has 1 unspecified atom stereocenters. The van der Waals surface area contributed by atoms with Gasteiger partial charge in [-0.15, -0.1) is 0 Å².